The van der Waals surface area contributed by atoms with E-state index >= 15 is 0 Å². The van der Waals surface area contributed by atoms with Crippen molar-refractivity contribution in [1.29, 1.82) is 0 Å². The first kappa shape index (κ1) is 14.5. The Kier molecular flexibility index (Phi) is 7.25. The summed E-state index contributed by atoms with van der Waals surface area (Å²) in [5.41, 5.74) is 0. The number of hydrogen-bond donors (Lipinski definition) is 1. The van der Waals surface area contributed by atoms with Crippen molar-refractivity contribution in [2.24, 2.45) is 0 Å². The molecule has 0 spiro atoms. The van der Waals surface area contributed by atoms with Crippen molar-refractivity contribution in [2.45, 2.75) is 64.8 Å². The fourth-order valence-electron chi connectivity index (χ4n) is 2.34. The molecule has 1 fully saturated rings. The van der Waals surface area contributed by atoms with Crippen LogP contribution in [0.25, 0.3) is 0 Å². The molecule has 1 N–H and O–H groups in total. The third-order valence-corrected chi connectivity index (χ3v) is 3.48. The van der Waals surface area contributed by atoms with Crippen molar-refractivity contribution in [3.05, 3.63) is 0 Å². The topological polar surface area (TPSA) is 32.3 Å². The maximum atomic E-state index is 11.6. The minimum absolute atomic E-state index is 0.369. The molecule has 1 atom stereocenters. The van der Waals surface area contributed by atoms with Crippen molar-refractivity contribution < 1.29 is 4.79 Å². The number of likely N-dealkylation sites (tertiary alicyclic amines) is 1. The third kappa shape index (κ3) is 6.06. The highest BCUT2D eigenvalue weighted by Gasteiger charge is 2.16. The summed E-state index contributed by atoms with van der Waals surface area (Å²) in [6, 6.07) is 0.618. The van der Waals surface area contributed by atoms with Crippen LogP contribution in [0.15, 0.2) is 0 Å². The second-order valence-electron chi connectivity index (χ2n) is 5.19. The second kappa shape index (κ2) is 8.51. The number of hydrogen-bond acceptors (Lipinski definition) is 2. The molecule has 0 aromatic rings. The highest BCUT2D eigenvalue weighted by Crippen LogP contribution is 2.12. The third-order valence-electron chi connectivity index (χ3n) is 3.48. The van der Waals surface area contributed by atoms with Gasteiger partial charge in [-0.05, 0) is 45.6 Å². The fraction of sp³-hybridized carbons (Fsp3) is 0.929. The predicted octanol–water partition coefficient (Wildman–Crippen LogP) is 2.56. The number of rotatable bonds is 8. The summed E-state index contributed by atoms with van der Waals surface area (Å²) in [7, 11) is 0. The summed E-state index contributed by atoms with van der Waals surface area (Å²) >= 11 is 0. The van der Waals surface area contributed by atoms with Gasteiger partial charge in [0.15, 0.2) is 0 Å². The standard InChI is InChI=1S/C14H28N2O/c1-3-10-15-13(2)8-4-6-11-16-12-7-5-9-14(16)17/h13,15H,3-12H2,1-2H3. The average Bonchev–Trinajstić information content (AvgIpc) is 2.34. The molecule has 0 radical (unpaired) electrons. The Labute approximate surface area is 106 Å². The Morgan fingerprint density at radius 3 is 2.88 bits per heavy atom. The predicted molar refractivity (Wildman–Crippen MR) is 72.0 cm³/mol. The molecule has 0 bridgehead atoms. The zero-order chi connectivity index (χ0) is 12.5. The van der Waals surface area contributed by atoms with Crippen LogP contribution in [-0.4, -0.2) is 36.5 Å². The first-order chi connectivity index (χ1) is 8.24. The van der Waals surface area contributed by atoms with Gasteiger partial charge in [-0.2, -0.15) is 0 Å². The van der Waals surface area contributed by atoms with Gasteiger partial charge in [0.2, 0.25) is 5.91 Å². The Hall–Kier alpha value is -0.570. The van der Waals surface area contributed by atoms with E-state index in [0.29, 0.717) is 11.9 Å². The molecule has 1 amide bonds. The first-order valence-electron chi connectivity index (χ1n) is 7.25. The van der Waals surface area contributed by atoms with Gasteiger partial charge in [-0.1, -0.05) is 13.3 Å². The molecule has 17 heavy (non-hydrogen) atoms. The Bertz CT molecular complexity index is 218. The molecule has 3 heteroatoms. The number of unbranched alkanes of at least 4 members (excludes halogenated alkanes) is 1. The lowest BCUT2D eigenvalue weighted by Crippen LogP contribution is -2.36. The maximum Gasteiger partial charge on any atom is 0.222 e. The molecule has 0 aliphatic carbocycles. The van der Waals surface area contributed by atoms with Crippen molar-refractivity contribution in [3.63, 3.8) is 0 Å². The van der Waals surface area contributed by atoms with Gasteiger partial charge in [0.05, 0.1) is 0 Å². The monoisotopic (exact) mass is 240 g/mol. The SMILES string of the molecule is CCCNC(C)CCCCN1CCCCC1=O. The zero-order valence-electron chi connectivity index (χ0n) is 11.5. The number of nitrogens with zero attached hydrogens (tertiary/aromatic N) is 1. The molecular weight excluding hydrogens is 212 g/mol. The molecule has 1 heterocycles. The van der Waals surface area contributed by atoms with Crippen LogP contribution in [0.2, 0.25) is 0 Å². The van der Waals surface area contributed by atoms with Crippen molar-refractivity contribution in [1.82, 2.24) is 10.2 Å². The van der Waals surface area contributed by atoms with Gasteiger partial charge >= 0.3 is 0 Å². The van der Waals surface area contributed by atoms with E-state index in [2.05, 4.69) is 19.2 Å². The van der Waals surface area contributed by atoms with Gasteiger partial charge in [-0.3, -0.25) is 4.79 Å². The minimum Gasteiger partial charge on any atom is -0.343 e. The summed E-state index contributed by atoms with van der Waals surface area (Å²) in [6.45, 7) is 7.52. The van der Waals surface area contributed by atoms with Crippen LogP contribution in [0.5, 0.6) is 0 Å². The minimum atomic E-state index is 0.369. The van der Waals surface area contributed by atoms with Gasteiger partial charge in [0, 0.05) is 25.6 Å². The van der Waals surface area contributed by atoms with E-state index in [9.17, 15) is 4.79 Å². The highest BCUT2D eigenvalue weighted by atomic mass is 16.2. The Balaban J connectivity index is 2.01. The van der Waals surface area contributed by atoms with Crippen LogP contribution in [0, 0.1) is 0 Å². The maximum absolute atomic E-state index is 11.6. The van der Waals surface area contributed by atoms with Gasteiger partial charge in [0.1, 0.15) is 0 Å². The summed E-state index contributed by atoms with van der Waals surface area (Å²) in [5, 5.41) is 3.50. The van der Waals surface area contributed by atoms with E-state index < -0.39 is 0 Å². The van der Waals surface area contributed by atoms with Gasteiger partial charge in [-0.25, -0.2) is 0 Å². The molecule has 1 aliphatic heterocycles. The summed E-state index contributed by atoms with van der Waals surface area (Å²) in [5.74, 6) is 0.369. The number of carbonyl (C=O) groups excluding carboxylic acids is 1. The highest BCUT2D eigenvalue weighted by molar-refractivity contribution is 5.76. The molecule has 3 nitrogen and oxygen atoms in total. The van der Waals surface area contributed by atoms with E-state index in [0.717, 1.165) is 38.9 Å². The van der Waals surface area contributed by atoms with Crippen molar-refractivity contribution in [3.8, 4) is 0 Å². The lowest BCUT2D eigenvalue weighted by molar-refractivity contribution is -0.133. The quantitative estimate of drug-likeness (QED) is 0.661. The number of carbonyl (C=O) groups is 1. The van der Waals surface area contributed by atoms with Crippen LogP contribution >= 0.6 is 0 Å². The van der Waals surface area contributed by atoms with Crippen LogP contribution in [0.4, 0.5) is 0 Å². The van der Waals surface area contributed by atoms with Gasteiger partial charge in [0.25, 0.3) is 0 Å². The van der Waals surface area contributed by atoms with Crippen LogP contribution in [-0.2, 0) is 4.79 Å². The molecule has 0 aromatic carbocycles. The van der Waals surface area contributed by atoms with E-state index in [-0.39, 0.29) is 0 Å². The molecule has 1 saturated heterocycles. The normalized spacial score (nSPS) is 18.5. The van der Waals surface area contributed by atoms with E-state index in [1.165, 1.54) is 25.7 Å². The van der Waals surface area contributed by atoms with Gasteiger partial charge in [-0.15, -0.1) is 0 Å². The van der Waals surface area contributed by atoms with E-state index in [4.69, 9.17) is 0 Å². The number of amides is 1. The summed E-state index contributed by atoms with van der Waals surface area (Å²) in [4.78, 5) is 13.6. The van der Waals surface area contributed by atoms with E-state index in [1.54, 1.807) is 0 Å². The number of nitrogens with one attached hydrogen (secondary N) is 1. The lowest BCUT2D eigenvalue weighted by atomic mass is 10.1. The van der Waals surface area contributed by atoms with Crippen LogP contribution in [0.1, 0.15) is 58.8 Å². The fourth-order valence-corrected chi connectivity index (χ4v) is 2.34. The first-order valence-corrected chi connectivity index (χ1v) is 7.25. The molecule has 100 valence electrons. The van der Waals surface area contributed by atoms with Crippen LogP contribution in [0.3, 0.4) is 0 Å². The van der Waals surface area contributed by atoms with Gasteiger partial charge < -0.3 is 10.2 Å². The Morgan fingerprint density at radius 2 is 2.18 bits per heavy atom. The Morgan fingerprint density at radius 1 is 1.35 bits per heavy atom. The molecule has 0 saturated carbocycles. The second-order valence-corrected chi connectivity index (χ2v) is 5.19. The molecule has 1 aliphatic rings. The summed E-state index contributed by atoms with van der Waals surface area (Å²) < 4.78 is 0. The average molecular weight is 240 g/mol. The zero-order valence-corrected chi connectivity index (χ0v) is 11.5. The smallest absolute Gasteiger partial charge is 0.222 e. The summed E-state index contributed by atoms with van der Waals surface area (Å²) in [6.07, 6.45) is 7.86. The van der Waals surface area contributed by atoms with Crippen molar-refractivity contribution >= 4 is 5.91 Å². The van der Waals surface area contributed by atoms with Crippen molar-refractivity contribution in [2.75, 3.05) is 19.6 Å². The van der Waals surface area contributed by atoms with Crippen LogP contribution < -0.4 is 5.32 Å². The lowest BCUT2D eigenvalue weighted by Gasteiger charge is -2.26. The number of piperidine rings is 1. The largest absolute Gasteiger partial charge is 0.343 e. The molecule has 1 rings (SSSR count). The van der Waals surface area contributed by atoms with E-state index in [1.807, 2.05) is 4.90 Å². The molecule has 1 unspecified atom stereocenters. The molecular formula is C14H28N2O. The molecule has 0 aromatic heterocycles.